The van der Waals surface area contributed by atoms with Crippen LogP contribution >= 0.6 is 0 Å². The monoisotopic (exact) mass is 353 g/mol. The van der Waals surface area contributed by atoms with Gasteiger partial charge in [0.1, 0.15) is 11.6 Å². The van der Waals surface area contributed by atoms with Crippen LogP contribution in [0.25, 0.3) is 5.69 Å². The quantitative estimate of drug-likeness (QED) is 0.709. The van der Waals surface area contributed by atoms with E-state index in [0.717, 1.165) is 17.1 Å². The zero-order valence-corrected chi connectivity index (χ0v) is 14.5. The summed E-state index contributed by atoms with van der Waals surface area (Å²) in [6.45, 7) is 0.333. The van der Waals surface area contributed by atoms with Gasteiger partial charge in [-0.2, -0.15) is 5.10 Å². The number of carbonyl (C=O) groups is 1. The number of halogens is 1. The van der Waals surface area contributed by atoms with E-state index < -0.39 is 0 Å². The van der Waals surface area contributed by atoms with Crippen LogP contribution in [-0.2, 0) is 17.8 Å². The van der Waals surface area contributed by atoms with Crippen molar-refractivity contribution < 1.29 is 13.9 Å². The molecule has 3 aromatic rings. The van der Waals surface area contributed by atoms with Gasteiger partial charge in [0.15, 0.2) is 0 Å². The molecule has 5 nitrogen and oxygen atoms in total. The lowest BCUT2D eigenvalue weighted by Gasteiger charge is -2.05. The van der Waals surface area contributed by atoms with Crippen LogP contribution in [0.1, 0.15) is 17.7 Å². The first-order chi connectivity index (χ1) is 12.7. The molecule has 3 rings (SSSR count). The number of nitrogens with one attached hydrogen (secondary N) is 1. The highest BCUT2D eigenvalue weighted by atomic mass is 19.1. The van der Waals surface area contributed by atoms with E-state index in [1.807, 2.05) is 36.5 Å². The number of ether oxygens (including phenoxy) is 1. The van der Waals surface area contributed by atoms with E-state index in [1.54, 1.807) is 30.0 Å². The summed E-state index contributed by atoms with van der Waals surface area (Å²) in [5, 5.41) is 7.26. The van der Waals surface area contributed by atoms with E-state index in [0.29, 0.717) is 18.5 Å². The fourth-order valence-electron chi connectivity index (χ4n) is 2.56. The number of benzene rings is 2. The van der Waals surface area contributed by atoms with Crippen LogP contribution in [0.5, 0.6) is 5.75 Å². The molecule has 0 spiro atoms. The van der Waals surface area contributed by atoms with Crippen LogP contribution < -0.4 is 10.1 Å². The van der Waals surface area contributed by atoms with Crippen molar-refractivity contribution in [2.45, 2.75) is 19.4 Å². The molecule has 0 unspecified atom stereocenters. The molecular weight excluding hydrogens is 333 g/mol. The first-order valence-electron chi connectivity index (χ1n) is 8.35. The average Bonchev–Trinajstić information content (AvgIpc) is 3.15. The van der Waals surface area contributed by atoms with Gasteiger partial charge < -0.3 is 10.1 Å². The van der Waals surface area contributed by atoms with Gasteiger partial charge in [0, 0.05) is 12.6 Å². The molecule has 134 valence electrons. The second-order valence-electron chi connectivity index (χ2n) is 5.82. The summed E-state index contributed by atoms with van der Waals surface area (Å²) in [6, 6.07) is 15.9. The highest BCUT2D eigenvalue weighted by Crippen LogP contribution is 2.14. The third-order valence-electron chi connectivity index (χ3n) is 4.03. The Morgan fingerprint density at radius 2 is 1.92 bits per heavy atom. The van der Waals surface area contributed by atoms with Crippen molar-refractivity contribution in [3.05, 3.63) is 77.9 Å². The molecule has 0 aliphatic heterocycles. The molecule has 26 heavy (non-hydrogen) atoms. The number of nitrogens with zero attached hydrogens (tertiary/aromatic N) is 2. The van der Waals surface area contributed by atoms with E-state index >= 15 is 0 Å². The lowest BCUT2D eigenvalue weighted by atomic mass is 10.1. The van der Waals surface area contributed by atoms with Crippen molar-refractivity contribution in [2.75, 3.05) is 7.11 Å². The van der Waals surface area contributed by atoms with Crippen LogP contribution in [-0.4, -0.2) is 22.8 Å². The van der Waals surface area contributed by atoms with Crippen molar-refractivity contribution in [1.82, 2.24) is 15.1 Å². The number of methoxy groups -OCH3 is 1. The first kappa shape index (κ1) is 17.7. The Balaban J connectivity index is 1.51. The predicted octanol–water partition coefficient (Wildman–Crippen LogP) is 3.27. The SMILES string of the molecule is COc1ccc(-n2ccc(CNC(=O)CCc3ccccc3F)n2)cc1. The van der Waals surface area contributed by atoms with Crippen LogP contribution in [0.15, 0.2) is 60.8 Å². The van der Waals surface area contributed by atoms with Crippen LogP contribution in [0.2, 0.25) is 0 Å². The highest BCUT2D eigenvalue weighted by molar-refractivity contribution is 5.76. The maximum Gasteiger partial charge on any atom is 0.220 e. The standard InChI is InChI=1S/C20H20FN3O2/c1-26-18-9-7-17(8-10-18)24-13-12-16(23-24)14-22-20(25)11-6-15-4-2-3-5-19(15)21/h2-5,7-10,12-13H,6,11,14H2,1H3,(H,22,25). The van der Waals surface area contributed by atoms with Gasteiger partial charge >= 0.3 is 0 Å². The Kier molecular flexibility index (Phi) is 5.63. The summed E-state index contributed by atoms with van der Waals surface area (Å²) in [4.78, 5) is 12.0. The van der Waals surface area contributed by atoms with E-state index in [1.165, 1.54) is 6.07 Å². The summed E-state index contributed by atoms with van der Waals surface area (Å²) in [5.41, 5.74) is 2.20. The Bertz CT molecular complexity index is 875. The summed E-state index contributed by atoms with van der Waals surface area (Å²) in [7, 11) is 1.62. The molecule has 1 N–H and O–H groups in total. The van der Waals surface area contributed by atoms with Gasteiger partial charge in [-0.25, -0.2) is 9.07 Å². The predicted molar refractivity (Wildman–Crippen MR) is 96.7 cm³/mol. The Labute approximate surface area is 151 Å². The van der Waals surface area contributed by atoms with Crippen molar-refractivity contribution >= 4 is 5.91 Å². The van der Waals surface area contributed by atoms with Gasteiger partial charge in [-0.3, -0.25) is 4.79 Å². The molecule has 0 atom stereocenters. The minimum atomic E-state index is -0.279. The smallest absolute Gasteiger partial charge is 0.220 e. The van der Waals surface area contributed by atoms with Crippen LogP contribution in [0.4, 0.5) is 4.39 Å². The minimum absolute atomic E-state index is 0.132. The largest absolute Gasteiger partial charge is 0.497 e. The van der Waals surface area contributed by atoms with Gasteiger partial charge in [-0.1, -0.05) is 18.2 Å². The van der Waals surface area contributed by atoms with E-state index in [9.17, 15) is 9.18 Å². The Hall–Kier alpha value is -3.15. The summed E-state index contributed by atoms with van der Waals surface area (Å²) in [5.74, 6) is 0.369. The molecule has 0 saturated carbocycles. The molecule has 0 fully saturated rings. The van der Waals surface area contributed by atoms with E-state index in [2.05, 4.69) is 10.4 Å². The fourth-order valence-corrected chi connectivity index (χ4v) is 2.56. The first-order valence-corrected chi connectivity index (χ1v) is 8.35. The third-order valence-corrected chi connectivity index (χ3v) is 4.03. The highest BCUT2D eigenvalue weighted by Gasteiger charge is 2.07. The van der Waals surface area contributed by atoms with Gasteiger partial charge in [-0.15, -0.1) is 0 Å². The van der Waals surface area contributed by atoms with Gasteiger partial charge in [0.25, 0.3) is 0 Å². The lowest BCUT2D eigenvalue weighted by molar-refractivity contribution is -0.121. The van der Waals surface area contributed by atoms with Gasteiger partial charge in [0.05, 0.1) is 25.0 Å². The third kappa shape index (κ3) is 4.47. The molecule has 0 saturated heterocycles. The van der Waals surface area contributed by atoms with Crippen molar-refractivity contribution in [2.24, 2.45) is 0 Å². The topological polar surface area (TPSA) is 56.1 Å². The van der Waals surface area contributed by atoms with Crippen molar-refractivity contribution in [3.63, 3.8) is 0 Å². The van der Waals surface area contributed by atoms with Crippen molar-refractivity contribution in [3.8, 4) is 11.4 Å². The second-order valence-corrected chi connectivity index (χ2v) is 5.82. The normalized spacial score (nSPS) is 10.5. The number of aromatic nitrogens is 2. The lowest BCUT2D eigenvalue weighted by Crippen LogP contribution is -2.23. The number of aryl methyl sites for hydroxylation is 1. The molecule has 0 aliphatic rings. The molecule has 6 heteroatoms. The Morgan fingerprint density at radius 3 is 2.65 bits per heavy atom. The van der Waals surface area contributed by atoms with E-state index in [-0.39, 0.29) is 18.1 Å². The van der Waals surface area contributed by atoms with Gasteiger partial charge in [-0.05, 0) is 48.4 Å². The average molecular weight is 353 g/mol. The van der Waals surface area contributed by atoms with Gasteiger partial charge in [0.2, 0.25) is 5.91 Å². The van der Waals surface area contributed by atoms with Crippen LogP contribution in [0.3, 0.4) is 0 Å². The maximum atomic E-state index is 13.6. The summed E-state index contributed by atoms with van der Waals surface area (Å²) < 4.78 is 20.4. The molecule has 1 aromatic heterocycles. The second kappa shape index (κ2) is 8.29. The number of carbonyl (C=O) groups excluding carboxylic acids is 1. The number of rotatable bonds is 7. The fraction of sp³-hybridized carbons (Fsp3) is 0.200. The maximum absolute atomic E-state index is 13.6. The number of hydrogen-bond donors (Lipinski definition) is 1. The zero-order chi connectivity index (χ0) is 18.4. The molecular formula is C20H20FN3O2. The molecule has 1 heterocycles. The number of hydrogen-bond acceptors (Lipinski definition) is 3. The molecule has 2 aromatic carbocycles. The van der Waals surface area contributed by atoms with Crippen LogP contribution in [0, 0.1) is 5.82 Å². The summed E-state index contributed by atoms with van der Waals surface area (Å²) >= 11 is 0. The molecule has 0 bridgehead atoms. The zero-order valence-electron chi connectivity index (χ0n) is 14.5. The minimum Gasteiger partial charge on any atom is -0.497 e. The Morgan fingerprint density at radius 1 is 1.15 bits per heavy atom. The molecule has 0 aliphatic carbocycles. The van der Waals surface area contributed by atoms with E-state index in [4.69, 9.17) is 4.74 Å². The molecule has 0 radical (unpaired) electrons. The number of amides is 1. The molecule has 1 amide bonds. The van der Waals surface area contributed by atoms with Crippen molar-refractivity contribution in [1.29, 1.82) is 0 Å². The summed E-state index contributed by atoms with van der Waals surface area (Å²) in [6.07, 6.45) is 2.45.